The first kappa shape index (κ1) is 19.7. The molecule has 0 aliphatic heterocycles. The van der Waals surface area contributed by atoms with E-state index < -0.39 is 11.9 Å². The minimum atomic E-state index is -0.516. The van der Waals surface area contributed by atoms with Gasteiger partial charge in [-0.05, 0) is 43.5 Å². The van der Waals surface area contributed by atoms with Crippen molar-refractivity contribution in [3.05, 3.63) is 53.4 Å². The topological polar surface area (TPSA) is 73.9 Å². The van der Waals surface area contributed by atoms with E-state index in [1.807, 2.05) is 38.1 Å². The highest BCUT2D eigenvalue weighted by Crippen LogP contribution is 2.30. The van der Waals surface area contributed by atoms with Crippen LogP contribution in [0.4, 0.5) is 5.69 Å². The van der Waals surface area contributed by atoms with Crippen molar-refractivity contribution in [3.8, 4) is 11.5 Å². The largest absolute Gasteiger partial charge is 0.490 e. The number of fused-ring (bicyclic) bond motifs is 1. The van der Waals surface area contributed by atoms with Crippen molar-refractivity contribution >= 4 is 39.0 Å². The summed E-state index contributed by atoms with van der Waals surface area (Å²) < 4.78 is 17.2. The summed E-state index contributed by atoms with van der Waals surface area (Å²) >= 11 is 1.34. The Balaban J connectivity index is 1.59. The molecule has 1 amide bonds. The van der Waals surface area contributed by atoms with Gasteiger partial charge in [-0.1, -0.05) is 18.2 Å². The number of benzene rings is 2. The maximum absolute atomic E-state index is 12.2. The fourth-order valence-electron chi connectivity index (χ4n) is 2.61. The molecule has 6 nitrogen and oxygen atoms in total. The predicted octanol–water partition coefficient (Wildman–Crippen LogP) is 4.49. The SMILES string of the molecule is CCOc1ccc(NC(=O)COC(=O)c2cc3ccccc3s2)cc1OCC. The van der Waals surface area contributed by atoms with Gasteiger partial charge in [-0.3, -0.25) is 4.79 Å². The molecule has 1 N–H and O–H groups in total. The van der Waals surface area contributed by atoms with Gasteiger partial charge in [0, 0.05) is 16.5 Å². The monoisotopic (exact) mass is 399 g/mol. The standard InChI is InChI=1S/C21H21NO5S/c1-3-25-16-10-9-15(12-17(16)26-4-2)22-20(23)13-27-21(24)19-11-14-7-5-6-8-18(14)28-19/h5-12H,3-4,13H2,1-2H3,(H,22,23). The lowest BCUT2D eigenvalue weighted by molar-refractivity contribution is -0.119. The van der Waals surface area contributed by atoms with Crippen LogP contribution in [-0.2, 0) is 9.53 Å². The average Bonchev–Trinajstić information content (AvgIpc) is 3.13. The number of carbonyl (C=O) groups excluding carboxylic acids is 2. The molecule has 146 valence electrons. The number of carbonyl (C=O) groups is 2. The first-order valence-electron chi connectivity index (χ1n) is 8.96. The second-order valence-electron chi connectivity index (χ2n) is 5.80. The van der Waals surface area contributed by atoms with Crippen molar-refractivity contribution < 1.29 is 23.8 Å². The molecule has 0 unspecified atom stereocenters. The number of thiophene rings is 1. The van der Waals surface area contributed by atoms with Gasteiger partial charge < -0.3 is 19.5 Å². The zero-order chi connectivity index (χ0) is 19.9. The summed E-state index contributed by atoms with van der Waals surface area (Å²) in [6, 6.07) is 14.6. The smallest absolute Gasteiger partial charge is 0.348 e. The summed E-state index contributed by atoms with van der Waals surface area (Å²) in [5, 5.41) is 3.67. The van der Waals surface area contributed by atoms with Crippen LogP contribution in [0.1, 0.15) is 23.5 Å². The number of esters is 1. The zero-order valence-corrected chi connectivity index (χ0v) is 16.5. The van der Waals surface area contributed by atoms with Crippen molar-refractivity contribution in [3.63, 3.8) is 0 Å². The van der Waals surface area contributed by atoms with Crippen LogP contribution < -0.4 is 14.8 Å². The first-order chi connectivity index (χ1) is 13.6. The van der Waals surface area contributed by atoms with Crippen LogP contribution in [0.2, 0.25) is 0 Å². The third-order valence-electron chi connectivity index (χ3n) is 3.79. The summed E-state index contributed by atoms with van der Waals surface area (Å²) in [6.45, 7) is 4.37. The Kier molecular flexibility index (Phi) is 6.49. The fourth-order valence-corrected chi connectivity index (χ4v) is 3.57. The lowest BCUT2D eigenvalue weighted by atomic mass is 10.2. The highest BCUT2D eigenvalue weighted by molar-refractivity contribution is 7.20. The van der Waals surface area contributed by atoms with Crippen molar-refractivity contribution in [1.29, 1.82) is 0 Å². The van der Waals surface area contributed by atoms with E-state index in [1.165, 1.54) is 11.3 Å². The van der Waals surface area contributed by atoms with E-state index in [9.17, 15) is 9.59 Å². The lowest BCUT2D eigenvalue weighted by Crippen LogP contribution is -2.20. The first-order valence-corrected chi connectivity index (χ1v) is 9.77. The van der Waals surface area contributed by atoms with Gasteiger partial charge in [0.05, 0.1) is 13.2 Å². The Morgan fingerprint density at radius 2 is 1.71 bits per heavy atom. The van der Waals surface area contributed by atoms with Crippen LogP contribution >= 0.6 is 11.3 Å². The highest BCUT2D eigenvalue weighted by Gasteiger charge is 2.14. The molecule has 0 aliphatic rings. The van der Waals surface area contributed by atoms with Crippen LogP contribution in [0.15, 0.2) is 48.5 Å². The quantitative estimate of drug-likeness (QED) is 0.565. The lowest BCUT2D eigenvalue weighted by Gasteiger charge is -2.13. The molecule has 1 aromatic heterocycles. The molecule has 0 saturated carbocycles. The third-order valence-corrected chi connectivity index (χ3v) is 4.88. The zero-order valence-electron chi connectivity index (χ0n) is 15.7. The molecular weight excluding hydrogens is 378 g/mol. The van der Waals surface area contributed by atoms with E-state index in [-0.39, 0.29) is 6.61 Å². The highest BCUT2D eigenvalue weighted by atomic mass is 32.1. The molecular formula is C21H21NO5S. The number of nitrogens with one attached hydrogen (secondary N) is 1. The molecule has 0 spiro atoms. The van der Waals surface area contributed by atoms with E-state index in [0.29, 0.717) is 35.3 Å². The van der Waals surface area contributed by atoms with Gasteiger partial charge in [0.2, 0.25) is 0 Å². The third kappa shape index (κ3) is 4.80. The van der Waals surface area contributed by atoms with E-state index >= 15 is 0 Å². The number of amides is 1. The molecule has 3 rings (SSSR count). The van der Waals surface area contributed by atoms with Crippen molar-refractivity contribution in [2.24, 2.45) is 0 Å². The summed E-state index contributed by atoms with van der Waals surface area (Å²) in [6.07, 6.45) is 0. The second kappa shape index (κ2) is 9.23. The minimum absolute atomic E-state index is 0.371. The Morgan fingerprint density at radius 3 is 2.46 bits per heavy atom. The molecule has 1 heterocycles. The van der Waals surface area contributed by atoms with Crippen molar-refractivity contribution in [1.82, 2.24) is 0 Å². The van der Waals surface area contributed by atoms with Gasteiger partial charge >= 0.3 is 5.97 Å². The van der Waals surface area contributed by atoms with Crippen molar-refractivity contribution in [2.75, 3.05) is 25.1 Å². The molecule has 0 radical (unpaired) electrons. The Labute approximate surface area is 167 Å². The van der Waals surface area contributed by atoms with E-state index in [2.05, 4.69) is 5.32 Å². The molecule has 0 saturated heterocycles. The Hall–Kier alpha value is -3.06. The molecule has 0 aliphatic carbocycles. The fraction of sp³-hybridized carbons (Fsp3) is 0.238. The summed E-state index contributed by atoms with van der Waals surface area (Å²) in [4.78, 5) is 24.8. The maximum atomic E-state index is 12.2. The van der Waals surface area contributed by atoms with Crippen LogP contribution in [0.25, 0.3) is 10.1 Å². The number of anilines is 1. The molecule has 0 bridgehead atoms. The molecule has 2 aromatic carbocycles. The summed E-state index contributed by atoms with van der Waals surface area (Å²) in [5.74, 6) is 0.210. The van der Waals surface area contributed by atoms with Crippen LogP contribution in [0.5, 0.6) is 11.5 Å². The number of hydrogen-bond donors (Lipinski definition) is 1. The van der Waals surface area contributed by atoms with E-state index in [1.54, 1.807) is 24.3 Å². The van der Waals surface area contributed by atoms with Gasteiger partial charge in [0.1, 0.15) is 4.88 Å². The van der Waals surface area contributed by atoms with Crippen molar-refractivity contribution in [2.45, 2.75) is 13.8 Å². The van der Waals surface area contributed by atoms with Crippen LogP contribution in [0, 0.1) is 0 Å². The predicted molar refractivity (Wildman–Crippen MR) is 110 cm³/mol. The van der Waals surface area contributed by atoms with Crippen LogP contribution in [-0.4, -0.2) is 31.7 Å². The second-order valence-corrected chi connectivity index (χ2v) is 6.88. The number of rotatable bonds is 8. The Bertz CT molecular complexity index is 949. The van der Waals surface area contributed by atoms with Gasteiger partial charge in [-0.2, -0.15) is 0 Å². The molecule has 3 aromatic rings. The minimum Gasteiger partial charge on any atom is -0.490 e. The average molecular weight is 399 g/mol. The van der Waals surface area contributed by atoms with Gasteiger partial charge in [-0.25, -0.2) is 4.79 Å². The molecule has 7 heteroatoms. The molecule has 28 heavy (non-hydrogen) atoms. The molecule has 0 atom stereocenters. The number of hydrogen-bond acceptors (Lipinski definition) is 6. The van der Waals surface area contributed by atoms with Gasteiger partial charge in [0.25, 0.3) is 5.91 Å². The van der Waals surface area contributed by atoms with E-state index in [4.69, 9.17) is 14.2 Å². The van der Waals surface area contributed by atoms with E-state index in [0.717, 1.165) is 10.1 Å². The maximum Gasteiger partial charge on any atom is 0.348 e. The van der Waals surface area contributed by atoms with Crippen LogP contribution in [0.3, 0.4) is 0 Å². The molecule has 0 fully saturated rings. The Morgan fingerprint density at radius 1 is 0.964 bits per heavy atom. The number of ether oxygens (including phenoxy) is 3. The summed E-state index contributed by atoms with van der Waals surface area (Å²) in [5.41, 5.74) is 0.537. The van der Waals surface area contributed by atoms with Gasteiger partial charge in [0.15, 0.2) is 18.1 Å². The summed E-state index contributed by atoms with van der Waals surface area (Å²) in [7, 11) is 0. The normalized spacial score (nSPS) is 10.5. The van der Waals surface area contributed by atoms with Gasteiger partial charge in [-0.15, -0.1) is 11.3 Å².